The fourth-order valence-corrected chi connectivity index (χ4v) is 5.57. The number of rotatable bonds is 5. The van der Waals surface area contributed by atoms with Crippen LogP contribution in [-0.4, -0.2) is 42.4 Å². The zero-order chi connectivity index (χ0) is 19.6. The molecule has 1 aliphatic heterocycles. The van der Waals surface area contributed by atoms with Gasteiger partial charge in [-0.3, -0.25) is 4.79 Å². The van der Waals surface area contributed by atoms with E-state index in [9.17, 15) is 26.4 Å². The Morgan fingerprint density at radius 3 is 2.50 bits per heavy atom. The molecule has 146 valence electrons. The van der Waals surface area contributed by atoms with E-state index in [1.165, 1.54) is 12.1 Å². The number of carbonyl (C=O) groups is 1. The second kappa shape index (κ2) is 7.85. The second-order valence-corrected chi connectivity index (χ2v) is 9.48. The lowest BCUT2D eigenvalue weighted by atomic mass is 9.94. The van der Waals surface area contributed by atoms with Crippen molar-refractivity contribution in [3.05, 3.63) is 30.3 Å². The summed E-state index contributed by atoms with van der Waals surface area (Å²) in [7, 11) is -3.85. The average Bonchev–Trinajstić information content (AvgIpc) is 2.54. The van der Waals surface area contributed by atoms with Gasteiger partial charge < -0.3 is 4.90 Å². The Balaban J connectivity index is 2.20. The highest BCUT2D eigenvalue weighted by Crippen LogP contribution is 2.37. The molecule has 2 atom stereocenters. The molecule has 26 heavy (non-hydrogen) atoms. The van der Waals surface area contributed by atoms with E-state index in [0.717, 1.165) is 4.90 Å². The minimum absolute atomic E-state index is 0.0289. The zero-order valence-corrected chi connectivity index (χ0v) is 16.5. The van der Waals surface area contributed by atoms with Crippen LogP contribution in [-0.2, 0) is 14.8 Å². The van der Waals surface area contributed by atoms with E-state index < -0.39 is 32.6 Å². The summed E-state index contributed by atoms with van der Waals surface area (Å²) >= 11 is 3.36. The van der Waals surface area contributed by atoms with Crippen molar-refractivity contribution in [2.75, 3.05) is 6.54 Å². The van der Waals surface area contributed by atoms with Crippen LogP contribution in [0.3, 0.4) is 0 Å². The van der Waals surface area contributed by atoms with Crippen LogP contribution in [0, 0.1) is 0 Å². The summed E-state index contributed by atoms with van der Waals surface area (Å²) in [6.45, 7) is 1.61. The highest BCUT2D eigenvalue weighted by atomic mass is 79.9. The number of halogens is 4. The molecule has 10 heteroatoms. The minimum Gasteiger partial charge on any atom is -0.332 e. The van der Waals surface area contributed by atoms with Crippen molar-refractivity contribution in [2.24, 2.45) is 0 Å². The topological polar surface area (TPSA) is 66.5 Å². The second-order valence-electron chi connectivity index (χ2n) is 6.28. The summed E-state index contributed by atoms with van der Waals surface area (Å²) < 4.78 is 65.0. The summed E-state index contributed by atoms with van der Waals surface area (Å²) in [5, 5.41) is 0. The number of sulfonamides is 1. The molecule has 0 aromatic heterocycles. The molecule has 2 unspecified atom stereocenters. The summed E-state index contributed by atoms with van der Waals surface area (Å²) in [6, 6.07) is 7.01. The Bertz CT molecular complexity index is 743. The molecule has 0 spiro atoms. The van der Waals surface area contributed by atoms with Crippen LogP contribution in [0.25, 0.3) is 0 Å². The Kier molecular flexibility index (Phi) is 6.40. The average molecular weight is 457 g/mol. The minimum atomic E-state index is -4.94. The van der Waals surface area contributed by atoms with Gasteiger partial charge in [-0.2, -0.15) is 17.9 Å². The van der Waals surface area contributed by atoms with Gasteiger partial charge in [-0.15, -0.1) is 0 Å². The van der Waals surface area contributed by atoms with Gasteiger partial charge in [-0.05, 0) is 31.4 Å². The number of alkyl halides is 4. The number of nitrogens with one attached hydrogen (secondary N) is 1. The first-order valence-corrected chi connectivity index (χ1v) is 10.4. The number of carbonyl (C=O) groups excluding carboxylic acids is 1. The third-order valence-electron chi connectivity index (χ3n) is 4.24. The number of nitrogens with zero attached hydrogens (tertiary/aromatic N) is 1. The molecule has 1 fully saturated rings. The molecule has 0 bridgehead atoms. The highest BCUT2D eigenvalue weighted by molar-refractivity contribution is 9.10. The molecule has 1 aromatic rings. The van der Waals surface area contributed by atoms with E-state index in [1.807, 2.05) is 0 Å². The molecule has 1 amide bonds. The Morgan fingerprint density at radius 2 is 1.96 bits per heavy atom. The van der Waals surface area contributed by atoms with Gasteiger partial charge in [0.15, 0.2) is 0 Å². The lowest BCUT2D eigenvalue weighted by Gasteiger charge is -2.44. The Labute approximate surface area is 159 Å². The van der Waals surface area contributed by atoms with Crippen LogP contribution in [0.4, 0.5) is 13.2 Å². The number of hydrogen-bond donors (Lipinski definition) is 1. The molecular formula is C16H20BrF3N2O3S. The summed E-state index contributed by atoms with van der Waals surface area (Å²) in [6.07, 6.45) is -3.94. The van der Waals surface area contributed by atoms with E-state index in [2.05, 4.69) is 20.7 Å². The summed E-state index contributed by atoms with van der Waals surface area (Å²) in [5.74, 6) is -1.88. The van der Waals surface area contributed by atoms with Gasteiger partial charge in [0.05, 0.1) is 9.34 Å². The fourth-order valence-electron chi connectivity index (χ4n) is 3.08. The number of likely N-dealkylation sites (tertiary alicyclic amines) is 1. The summed E-state index contributed by atoms with van der Waals surface area (Å²) in [5.41, 5.74) is 0. The van der Waals surface area contributed by atoms with Crippen molar-refractivity contribution < 1.29 is 26.4 Å². The molecule has 1 N–H and O–H groups in total. The van der Waals surface area contributed by atoms with Crippen molar-refractivity contribution in [3.8, 4) is 0 Å². The van der Waals surface area contributed by atoms with Gasteiger partial charge in [0.25, 0.3) is 0 Å². The number of amides is 1. The van der Waals surface area contributed by atoms with Crippen LogP contribution in [0.15, 0.2) is 35.2 Å². The standard InChI is InChI=1S/C16H20BrF3N2O3S/c1-2-6-12-11-15(17,9-10-22(12)14(23)16(18,19)20)21-26(24,25)13-7-4-3-5-8-13/h3-5,7-8,12,21H,2,6,9-11H2,1H3. The molecule has 0 aliphatic carbocycles. The monoisotopic (exact) mass is 456 g/mol. The van der Waals surface area contributed by atoms with Crippen molar-refractivity contribution in [1.29, 1.82) is 0 Å². The first kappa shape index (κ1) is 21.2. The largest absolute Gasteiger partial charge is 0.471 e. The maximum Gasteiger partial charge on any atom is 0.471 e. The van der Waals surface area contributed by atoms with Gasteiger partial charge in [0.1, 0.15) is 0 Å². The third kappa shape index (κ3) is 4.98. The lowest BCUT2D eigenvalue weighted by molar-refractivity contribution is -0.189. The fraction of sp³-hybridized carbons (Fsp3) is 0.562. The quantitative estimate of drug-likeness (QED) is 0.545. The van der Waals surface area contributed by atoms with Crippen LogP contribution in [0.5, 0.6) is 0 Å². The normalized spacial score (nSPS) is 24.5. The van der Waals surface area contributed by atoms with Crippen molar-refractivity contribution in [2.45, 2.75) is 54.2 Å². The van der Waals surface area contributed by atoms with E-state index in [-0.39, 0.29) is 24.3 Å². The molecular weight excluding hydrogens is 437 g/mol. The molecule has 1 saturated heterocycles. The SMILES string of the molecule is CCCC1CC(Br)(NS(=O)(=O)c2ccccc2)CCN1C(=O)C(F)(F)F. The maximum absolute atomic E-state index is 12.8. The molecule has 1 aromatic carbocycles. The molecule has 5 nitrogen and oxygen atoms in total. The number of hydrogen-bond acceptors (Lipinski definition) is 3. The van der Waals surface area contributed by atoms with E-state index >= 15 is 0 Å². The first-order chi connectivity index (χ1) is 12.0. The molecule has 2 rings (SSSR count). The van der Waals surface area contributed by atoms with Crippen molar-refractivity contribution in [1.82, 2.24) is 9.62 Å². The van der Waals surface area contributed by atoms with Crippen LogP contribution in [0.1, 0.15) is 32.6 Å². The molecule has 1 aliphatic rings. The smallest absolute Gasteiger partial charge is 0.332 e. The van der Waals surface area contributed by atoms with Crippen LogP contribution in [0.2, 0.25) is 0 Å². The van der Waals surface area contributed by atoms with Gasteiger partial charge in [0.2, 0.25) is 10.0 Å². The Hall–Kier alpha value is -1.13. The van der Waals surface area contributed by atoms with E-state index in [0.29, 0.717) is 12.8 Å². The van der Waals surface area contributed by atoms with Gasteiger partial charge in [-0.1, -0.05) is 47.5 Å². The van der Waals surface area contributed by atoms with Gasteiger partial charge in [-0.25, -0.2) is 8.42 Å². The zero-order valence-electron chi connectivity index (χ0n) is 14.1. The lowest BCUT2D eigenvalue weighted by Crippen LogP contribution is -2.58. The number of benzene rings is 1. The molecule has 1 heterocycles. The summed E-state index contributed by atoms with van der Waals surface area (Å²) in [4.78, 5) is 12.5. The van der Waals surface area contributed by atoms with E-state index in [1.54, 1.807) is 25.1 Å². The highest BCUT2D eigenvalue weighted by Gasteiger charge is 2.49. The van der Waals surface area contributed by atoms with Crippen molar-refractivity contribution in [3.63, 3.8) is 0 Å². The predicted octanol–water partition coefficient (Wildman–Crippen LogP) is 3.41. The predicted molar refractivity (Wildman–Crippen MR) is 94.1 cm³/mol. The van der Waals surface area contributed by atoms with Crippen LogP contribution >= 0.6 is 15.9 Å². The maximum atomic E-state index is 12.8. The van der Waals surface area contributed by atoms with E-state index in [4.69, 9.17) is 0 Å². The van der Waals surface area contributed by atoms with Gasteiger partial charge >= 0.3 is 12.1 Å². The Morgan fingerprint density at radius 1 is 1.35 bits per heavy atom. The molecule has 0 saturated carbocycles. The number of piperidine rings is 1. The van der Waals surface area contributed by atoms with Crippen molar-refractivity contribution >= 4 is 31.9 Å². The van der Waals surface area contributed by atoms with Crippen LogP contribution < -0.4 is 4.72 Å². The van der Waals surface area contributed by atoms with Gasteiger partial charge in [0, 0.05) is 12.6 Å². The molecule has 0 radical (unpaired) electrons. The third-order valence-corrected chi connectivity index (χ3v) is 6.98. The first-order valence-electron chi connectivity index (χ1n) is 8.14.